The van der Waals surface area contributed by atoms with Gasteiger partial charge in [-0.3, -0.25) is 10.1 Å². The molecule has 0 aliphatic carbocycles. The zero-order chi connectivity index (χ0) is 14.0. The molecule has 7 heteroatoms. The number of rotatable bonds is 3. The number of hydrogen-bond acceptors (Lipinski definition) is 5. The first-order chi connectivity index (χ1) is 9.04. The average Bonchev–Trinajstić information content (AvgIpc) is 2.38. The Labute approximate surface area is 116 Å². The molecule has 1 aliphatic rings. The van der Waals surface area contributed by atoms with Crippen molar-refractivity contribution in [3.63, 3.8) is 0 Å². The van der Waals surface area contributed by atoms with Gasteiger partial charge in [0.05, 0.1) is 9.95 Å². The molecule has 1 aliphatic heterocycles. The normalized spacial score (nSPS) is 23.4. The van der Waals surface area contributed by atoms with Crippen molar-refractivity contribution >= 4 is 23.1 Å². The highest BCUT2D eigenvalue weighted by atomic mass is 35.5. The third-order valence-electron chi connectivity index (χ3n) is 3.64. The highest BCUT2D eigenvalue weighted by Gasteiger charge is 2.32. The molecule has 2 heterocycles. The third-order valence-corrected chi connectivity index (χ3v) is 3.85. The molecular weight excluding hydrogens is 268 g/mol. The summed E-state index contributed by atoms with van der Waals surface area (Å²) in [6.45, 7) is 3.32. The molecule has 2 unspecified atom stereocenters. The Bertz CT molecular complexity index is 483. The second kappa shape index (κ2) is 5.71. The minimum Gasteiger partial charge on any atom is -0.346 e. The minimum atomic E-state index is -0.443. The van der Waals surface area contributed by atoms with E-state index in [9.17, 15) is 10.1 Å². The van der Waals surface area contributed by atoms with E-state index in [1.807, 2.05) is 4.90 Å². The topological polar surface area (TPSA) is 85.3 Å². The van der Waals surface area contributed by atoms with Gasteiger partial charge < -0.3 is 10.6 Å². The quantitative estimate of drug-likeness (QED) is 0.679. The van der Waals surface area contributed by atoms with Gasteiger partial charge >= 0.3 is 5.69 Å². The zero-order valence-corrected chi connectivity index (χ0v) is 11.5. The maximum atomic E-state index is 11.1. The van der Waals surface area contributed by atoms with Crippen LogP contribution in [0.25, 0.3) is 0 Å². The van der Waals surface area contributed by atoms with E-state index >= 15 is 0 Å². The molecule has 1 fully saturated rings. The summed E-state index contributed by atoms with van der Waals surface area (Å²) in [5.74, 6) is 0.771. The fraction of sp³-hybridized carbons (Fsp3) is 0.583. The molecule has 0 spiro atoms. The molecule has 6 nitrogen and oxygen atoms in total. The second-order valence-corrected chi connectivity index (χ2v) is 5.31. The van der Waals surface area contributed by atoms with Crippen LogP contribution in [0.1, 0.15) is 19.8 Å². The van der Waals surface area contributed by atoms with E-state index in [1.54, 1.807) is 0 Å². The van der Waals surface area contributed by atoms with Gasteiger partial charge in [-0.25, -0.2) is 4.98 Å². The smallest absolute Gasteiger partial charge is 0.313 e. The van der Waals surface area contributed by atoms with Crippen molar-refractivity contribution in [2.75, 3.05) is 18.0 Å². The predicted octanol–water partition coefficient (Wildman–Crippen LogP) is 2.21. The van der Waals surface area contributed by atoms with Crippen molar-refractivity contribution < 1.29 is 4.92 Å². The van der Waals surface area contributed by atoms with E-state index in [1.165, 1.54) is 12.3 Å². The van der Waals surface area contributed by atoms with E-state index in [0.29, 0.717) is 18.3 Å². The van der Waals surface area contributed by atoms with Crippen molar-refractivity contribution in [2.24, 2.45) is 11.7 Å². The van der Waals surface area contributed by atoms with Crippen molar-refractivity contribution in [3.8, 4) is 0 Å². The summed E-state index contributed by atoms with van der Waals surface area (Å²) in [4.78, 5) is 16.8. The summed E-state index contributed by atoms with van der Waals surface area (Å²) in [7, 11) is 0. The molecule has 1 aromatic rings. The standard InChI is InChI=1S/C12H17ClN4O2/c1-8-3-2-4-16(11(8)6-14)12-10(17(18)19)5-9(13)7-15-12/h5,7-8,11H,2-4,6,14H2,1H3. The highest BCUT2D eigenvalue weighted by Crippen LogP contribution is 2.34. The number of aromatic nitrogens is 1. The Kier molecular flexibility index (Phi) is 4.21. The number of halogens is 1. The number of nitro groups is 1. The van der Waals surface area contributed by atoms with Crippen LogP contribution in [0.5, 0.6) is 0 Å². The molecule has 104 valence electrons. The van der Waals surface area contributed by atoms with Crippen LogP contribution in [0.2, 0.25) is 5.02 Å². The second-order valence-electron chi connectivity index (χ2n) is 4.87. The van der Waals surface area contributed by atoms with Gasteiger partial charge in [0, 0.05) is 31.4 Å². The van der Waals surface area contributed by atoms with Gasteiger partial charge in [-0.05, 0) is 18.8 Å². The molecule has 0 saturated carbocycles. The van der Waals surface area contributed by atoms with Crippen molar-refractivity contribution in [3.05, 3.63) is 27.4 Å². The van der Waals surface area contributed by atoms with Crippen LogP contribution in [-0.2, 0) is 0 Å². The largest absolute Gasteiger partial charge is 0.346 e. The fourth-order valence-electron chi connectivity index (χ4n) is 2.65. The van der Waals surface area contributed by atoms with Crippen LogP contribution < -0.4 is 10.6 Å². The van der Waals surface area contributed by atoms with Gasteiger partial charge in [-0.15, -0.1) is 0 Å². The van der Waals surface area contributed by atoms with E-state index < -0.39 is 4.92 Å². The maximum absolute atomic E-state index is 11.1. The summed E-state index contributed by atoms with van der Waals surface area (Å²) >= 11 is 5.79. The lowest BCUT2D eigenvalue weighted by molar-refractivity contribution is -0.384. The number of pyridine rings is 1. The van der Waals surface area contributed by atoms with Gasteiger partial charge in [-0.1, -0.05) is 18.5 Å². The molecule has 0 aromatic carbocycles. The molecule has 0 radical (unpaired) electrons. The Morgan fingerprint density at radius 3 is 3.05 bits per heavy atom. The van der Waals surface area contributed by atoms with Gasteiger partial charge in [-0.2, -0.15) is 0 Å². The van der Waals surface area contributed by atoms with E-state index in [-0.39, 0.29) is 16.8 Å². The van der Waals surface area contributed by atoms with Crippen LogP contribution in [0.4, 0.5) is 11.5 Å². The lowest BCUT2D eigenvalue weighted by Gasteiger charge is -2.39. The van der Waals surface area contributed by atoms with Crippen LogP contribution in [-0.4, -0.2) is 29.0 Å². The van der Waals surface area contributed by atoms with Gasteiger partial charge in [0.15, 0.2) is 0 Å². The molecule has 2 atom stereocenters. The first-order valence-corrected chi connectivity index (χ1v) is 6.69. The number of piperidine rings is 1. The molecule has 1 aromatic heterocycles. The molecule has 1 saturated heterocycles. The van der Waals surface area contributed by atoms with Gasteiger partial charge in [0.1, 0.15) is 0 Å². The van der Waals surface area contributed by atoms with Crippen molar-refractivity contribution in [2.45, 2.75) is 25.8 Å². The van der Waals surface area contributed by atoms with Crippen molar-refractivity contribution in [1.82, 2.24) is 4.98 Å². The summed E-state index contributed by atoms with van der Waals surface area (Å²) in [5, 5.41) is 11.4. The maximum Gasteiger partial charge on any atom is 0.313 e. The fourth-order valence-corrected chi connectivity index (χ4v) is 2.80. The van der Waals surface area contributed by atoms with E-state index in [0.717, 1.165) is 19.4 Å². The van der Waals surface area contributed by atoms with Crippen LogP contribution in [0.3, 0.4) is 0 Å². The minimum absolute atomic E-state index is 0.0555. The number of nitrogens with two attached hydrogens (primary N) is 1. The summed E-state index contributed by atoms with van der Waals surface area (Å²) in [5.41, 5.74) is 5.76. The Hall–Kier alpha value is -1.40. The Morgan fingerprint density at radius 2 is 2.42 bits per heavy atom. The lowest BCUT2D eigenvalue weighted by atomic mass is 9.90. The average molecular weight is 285 g/mol. The summed E-state index contributed by atoms with van der Waals surface area (Å²) < 4.78 is 0. The van der Waals surface area contributed by atoms with E-state index in [4.69, 9.17) is 17.3 Å². The molecule has 2 rings (SSSR count). The zero-order valence-electron chi connectivity index (χ0n) is 10.8. The summed E-state index contributed by atoms with van der Waals surface area (Å²) in [6, 6.07) is 1.43. The predicted molar refractivity (Wildman–Crippen MR) is 74.5 cm³/mol. The number of hydrogen-bond donors (Lipinski definition) is 1. The molecule has 0 bridgehead atoms. The Balaban J connectivity index is 2.42. The highest BCUT2D eigenvalue weighted by molar-refractivity contribution is 6.30. The van der Waals surface area contributed by atoms with Crippen LogP contribution >= 0.6 is 11.6 Å². The van der Waals surface area contributed by atoms with Gasteiger partial charge in [0.25, 0.3) is 0 Å². The van der Waals surface area contributed by atoms with Gasteiger partial charge in [0.2, 0.25) is 5.82 Å². The Morgan fingerprint density at radius 1 is 1.68 bits per heavy atom. The lowest BCUT2D eigenvalue weighted by Crippen LogP contribution is -2.49. The number of anilines is 1. The third kappa shape index (κ3) is 2.79. The van der Waals surface area contributed by atoms with E-state index in [2.05, 4.69) is 11.9 Å². The number of nitrogens with zero attached hydrogens (tertiary/aromatic N) is 3. The molecule has 2 N–H and O–H groups in total. The van der Waals surface area contributed by atoms with Crippen molar-refractivity contribution in [1.29, 1.82) is 0 Å². The van der Waals surface area contributed by atoms with Crippen LogP contribution in [0, 0.1) is 16.0 Å². The first-order valence-electron chi connectivity index (χ1n) is 6.31. The monoisotopic (exact) mass is 284 g/mol. The first kappa shape index (κ1) is 14.0. The van der Waals surface area contributed by atoms with Crippen LogP contribution in [0.15, 0.2) is 12.3 Å². The molecule has 0 amide bonds. The SMILES string of the molecule is CC1CCCN(c2ncc(Cl)cc2[N+](=O)[O-])C1CN. The molecular formula is C12H17ClN4O2. The summed E-state index contributed by atoms with van der Waals surface area (Å²) in [6.07, 6.45) is 3.51. The molecule has 19 heavy (non-hydrogen) atoms.